The molecule has 0 saturated heterocycles. The Morgan fingerprint density at radius 3 is 2.76 bits per heavy atom. The van der Waals surface area contributed by atoms with Crippen LogP contribution in [0.25, 0.3) is 0 Å². The second-order valence-electron chi connectivity index (χ2n) is 5.17. The second kappa shape index (κ2) is 6.47. The van der Waals surface area contributed by atoms with Crippen LogP contribution in [0.15, 0.2) is 27.8 Å². The van der Waals surface area contributed by atoms with E-state index in [9.17, 15) is 0 Å². The Balaban J connectivity index is 1.99. The van der Waals surface area contributed by atoms with Crippen LogP contribution in [0.4, 0.5) is 0 Å². The van der Waals surface area contributed by atoms with Crippen molar-refractivity contribution in [1.29, 1.82) is 0 Å². The van der Waals surface area contributed by atoms with Crippen LogP contribution < -0.4 is 5.32 Å². The minimum Gasteiger partial charge on any atom is -0.361 e. The first-order chi connectivity index (χ1) is 10.0. The molecule has 0 saturated carbocycles. The number of guanidine groups is 1. The zero-order chi connectivity index (χ0) is 15.4. The van der Waals surface area contributed by atoms with Crippen molar-refractivity contribution >= 4 is 5.96 Å². The standard InChI is InChI=1S/C15H23N5O/c1-11-14(12(2)21-18-11)9-17-15(16-3)20(5)10-13-7-6-8-19(13)4/h6-8H,9-10H2,1-5H3,(H,16,17). The van der Waals surface area contributed by atoms with Crippen molar-refractivity contribution in [2.45, 2.75) is 26.9 Å². The van der Waals surface area contributed by atoms with Gasteiger partial charge in [-0.05, 0) is 26.0 Å². The van der Waals surface area contributed by atoms with Crippen LogP contribution in [0.2, 0.25) is 0 Å². The molecule has 0 fully saturated rings. The van der Waals surface area contributed by atoms with Gasteiger partial charge in [0.1, 0.15) is 5.76 Å². The van der Waals surface area contributed by atoms with Crippen LogP contribution in [-0.4, -0.2) is 34.7 Å². The van der Waals surface area contributed by atoms with Crippen LogP contribution >= 0.6 is 0 Å². The maximum absolute atomic E-state index is 5.18. The van der Waals surface area contributed by atoms with Crippen LogP contribution in [0.1, 0.15) is 22.7 Å². The molecule has 0 aromatic carbocycles. The number of nitrogens with one attached hydrogen (secondary N) is 1. The Bertz CT molecular complexity index is 606. The summed E-state index contributed by atoms with van der Waals surface area (Å²) in [6, 6.07) is 4.15. The highest BCUT2D eigenvalue weighted by Crippen LogP contribution is 2.11. The predicted molar refractivity (Wildman–Crippen MR) is 83.1 cm³/mol. The first kappa shape index (κ1) is 15.2. The minimum atomic E-state index is 0.658. The Hall–Kier alpha value is -2.24. The fourth-order valence-corrected chi connectivity index (χ4v) is 2.29. The molecule has 2 rings (SSSR count). The minimum absolute atomic E-state index is 0.658. The van der Waals surface area contributed by atoms with E-state index in [0.29, 0.717) is 6.54 Å². The number of aliphatic imine (C=N–C) groups is 1. The lowest BCUT2D eigenvalue weighted by molar-refractivity contribution is 0.392. The molecule has 0 aliphatic rings. The predicted octanol–water partition coefficient (Wildman–Crippen LogP) is 1.84. The Kier molecular flexibility index (Phi) is 4.67. The van der Waals surface area contributed by atoms with Gasteiger partial charge in [-0.15, -0.1) is 0 Å². The molecule has 21 heavy (non-hydrogen) atoms. The molecular weight excluding hydrogens is 266 g/mol. The van der Waals surface area contributed by atoms with E-state index in [1.54, 1.807) is 7.05 Å². The monoisotopic (exact) mass is 289 g/mol. The van der Waals surface area contributed by atoms with E-state index < -0.39 is 0 Å². The summed E-state index contributed by atoms with van der Waals surface area (Å²) in [4.78, 5) is 6.42. The molecule has 0 bridgehead atoms. The molecule has 0 aliphatic carbocycles. The van der Waals surface area contributed by atoms with E-state index in [1.807, 2.05) is 40.2 Å². The van der Waals surface area contributed by atoms with E-state index in [-0.39, 0.29) is 0 Å². The Morgan fingerprint density at radius 1 is 1.48 bits per heavy atom. The molecule has 0 atom stereocenters. The smallest absolute Gasteiger partial charge is 0.194 e. The third kappa shape index (κ3) is 3.45. The Labute approximate surface area is 125 Å². The zero-order valence-corrected chi connectivity index (χ0v) is 13.3. The van der Waals surface area contributed by atoms with Crippen molar-refractivity contribution in [1.82, 2.24) is 19.9 Å². The number of aryl methyl sites for hydroxylation is 3. The third-order valence-corrected chi connectivity index (χ3v) is 3.63. The quantitative estimate of drug-likeness (QED) is 0.689. The van der Waals surface area contributed by atoms with Crippen molar-refractivity contribution in [3.63, 3.8) is 0 Å². The summed E-state index contributed by atoms with van der Waals surface area (Å²) < 4.78 is 7.29. The fourth-order valence-electron chi connectivity index (χ4n) is 2.29. The van der Waals surface area contributed by atoms with E-state index in [0.717, 1.165) is 29.5 Å². The molecule has 0 radical (unpaired) electrons. The van der Waals surface area contributed by atoms with Crippen LogP contribution in [0.3, 0.4) is 0 Å². The summed E-state index contributed by atoms with van der Waals surface area (Å²) >= 11 is 0. The van der Waals surface area contributed by atoms with Crippen molar-refractivity contribution in [2.75, 3.05) is 14.1 Å². The van der Waals surface area contributed by atoms with Crippen LogP contribution in [-0.2, 0) is 20.1 Å². The fraction of sp³-hybridized carbons (Fsp3) is 0.467. The van der Waals surface area contributed by atoms with Gasteiger partial charge in [-0.25, -0.2) is 0 Å². The summed E-state index contributed by atoms with van der Waals surface area (Å²) in [6.45, 7) is 5.33. The molecule has 0 unspecified atom stereocenters. The first-order valence-electron chi connectivity index (χ1n) is 6.96. The lowest BCUT2D eigenvalue weighted by atomic mass is 10.2. The highest BCUT2D eigenvalue weighted by molar-refractivity contribution is 5.79. The van der Waals surface area contributed by atoms with Gasteiger partial charge < -0.3 is 19.3 Å². The van der Waals surface area contributed by atoms with Gasteiger partial charge in [0.25, 0.3) is 0 Å². The maximum Gasteiger partial charge on any atom is 0.194 e. The summed E-state index contributed by atoms with van der Waals surface area (Å²) in [5.74, 6) is 1.69. The highest BCUT2D eigenvalue weighted by Gasteiger charge is 2.12. The molecule has 2 aromatic heterocycles. The summed E-state index contributed by atoms with van der Waals surface area (Å²) in [5, 5.41) is 7.32. The van der Waals surface area contributed by atoms with Crippen molar-refractivity contribution in [3.8, 4) is 0 Å². The maximum atomic E-state index is 5.18. The lowest BCUT2D eigenvalue weighted by Crippen LogP contribution is -2.38. The zero-order valence-electron chi connectivity index (χ0n) is 13.3. The molecule has 0 aliphatic heterocycles. The molecule has 0 spiro atoms. The van der Waals surface area contributed by atoms with Crippen molar-refractivity contribution in [3.05, 3.63) is 41.0 Å². The number of nitrogens with zero attached hydrogens (tertiary/aromatic N) is 4. The van der Waals surface area contributed by atoms with Gasteiger partial charge in [0.05, 0.1) is 12.2 Å². The van der Waals surface area contributed by atoms with Gasteiger partial charge in [-0.1, -0.05) is 5.16 Å². The molecule has 2 aromatic rings. The second-order valence-corrected chi connectivity index (χ2v) is 5.17. The average molecular weight is 289 g/mol. The molecule has 6 heteroatoms. The topological polar surface area (TPSA) is 58.6 Å². The Morgan fingerprint density at radius 2 is 2.24 bits per heavy atom. The van der Waals surface area contributed by atoms with Gasteiger partial charge in [-0.2, -0.15) is 0 Å². The lowest BCUT2D eigenvalue weighted by Gasteiger charge is -2.22. The molecule has 114 valence electrons. The summed E-state index contributed by atoms with van der Waals surface area (Å²) in [5.41, 5.74) is 3.24. The van der Waals surface area contributed by atoms with Gasteiger partial charge >= 0.3 is 0 Å². The molecule has 2 heterocycles. The number of hydrogen-bond donors (Lipinski definition) is 1. The largest absolute Gasteiger partial charge is 0.361 e. The van der Waals surface area contributed by atoms with Gasteiger partial charge in [0.2, 0.25) is 0 Å². The normalized spacial score (nSPS) is 11.8. The van der Waals surface area contributed by atoms with Crippen molar-refractivity contribution < 1.29 is 4.52 Å². The summed E-state index contributed by atoms with van der Waals surface area (Å²) in [6.07, 6.45) is 2.04. The van der Waals surface area contributed by atoms with E-state index in [4.69, 9.17) is 4.52 Å². The SMILES string of the molecule is CN=C(NCc1c(C)noc1C)N(C)Cc1cccn1C. The highest BCUT2D eigenvalue weighted by atomic mass is 16.5. The van der Waals surface area contributed by atoms with Gasteiger partial charge in [0.15, 0.2) is 5.96 Å². The van der Waals surface area contributed by atoms with Crippen LogP contribution in [0, 0.1) is 13.8 Å². The van der Waals surface area contributed by atoms with Gasteiger partial charge in [-0.3, -0.25) is 4.99 Å². The number of aromatic nitrogens is 2. The van der Waals surface area contributed by atoms with E-state index in [2.05, 4.69) is 31.0 Å². The first-order valence-corrected chi connectivity index (χ1v) is 6.96. The molecular formula is C15H23N5O. The van der Waals surface area contributed by atoms with Crippen molar-refractivity contribution in [2.24, 2.45) is 12.0 Å². The summed E-state index contributed by atoms with van der Waals surface area (Å²) in [7, 11) is 5.86. The average Bonchev–Trinajstić information content (AvgIpc) is 2.99. The molecule has 1 N–H and O–H groups in total. The third-order valence-electron chi connectivity index (χ3n) is 3.63. The van der Waals surface area contributed by atoms with Crippen LogP contribution in [0.5, 0.6) is 0 Å². The number of hydrogen-bond acceptors (Lipinski definition) is 3. The van der Waals surface area contributed by atoms with E-state index >= 15 is 0 Å². The molecule has 0 amide bonds. The molecule has 6 nitrogen and oxygen atoms in total. The van der Waals surface area contributed by atoms with E-state index in [1.165, 1.54) is 5.69 Å². The number of rotatable bonds is 4. The van der Waals surface area contributed by atoms with Gasteiger partial charge in [0, 0.05) is 45.1 Å².